The average Bonchev–Trinajstić information content (AvgIpc) is 2.56. The van der Waals surface area contributed by atoms with E-state index in [9.17, 15) is 9.59 Å². The van der Waals surface area contributed by atoms with Crippen LogP contribution in [-0.4, -0.2) is 32.0 Å². The maximum Gasteiger partial charge on any atom is 0.251 e. The van der Waals surface area contributed by atoms with E-state index in [1.165, 1.54) is 12.8 Å². The van der Waals surface area contributed by atoms with Gasteiger partial charge in [-0.25, -0.2) is 0 Å². The van der Waals surface area contributed by atoms with Gasteiger partial charge in [0.1, 0.15) is 0 Å². The zero-order chi connectivity index (χ0) is 16.8. The molecule has 1 fully saturated rings. The van der Waals surface area contributed by atoms with Crippen LogP contribution >= 0.6 is 0 Å². The highest BCUT2D eigenvalue weighted by atomic mass is 16.2. The molecule has 2 unspecified atom stereocenters. The molecule has 0 spiro atoms. The second kappa shape index (κ2) is 8.11. The number of nitrogens with one attached hydrogen (secondary N) is 3. The summed E-state index contributed by atoms with van der Waals surface area (Å²) in [5, 5.41) is 8.98. The highest BCUT2D eigenvalue weighted by Gasteiger charge is 2.22. The fourth-order valence-electron chi connectivity index (χ4n) is 3.18. The zero-order valence-corrected chi connectivity index (χ0v) is 14.2. The quantitative estimate of drug-likeness (QED) is 0.780. The lowest BCUT2D eigenvalue weighted by Crippen LogP contribution is -2.34. The molecule has 2 amide bonds. The van der Waals surface area contributed by atoms with Crippen molar-refractivity contribution in [3.8, 4) is 0 Å². The lowest BCUT2D eigenvalue weighted by atomic mass is 9.85. The van der Waals surface area contributed by atoms with Crippen molar-refractivity contribution in [2.45, 2.75) is 33.1 Å². The number of rotatable bonds is 5. The Morgan fingerprint density at radius 1 is 1.39 bits per heavy atom. The second-order valence-electron chi connectivity index (χ2n) is 6.39. The first kappa shape index (κ1) is 17.5. The van der Waals surface area contributed by atoms with Crippen molar-refractivity contribution >= 4 is 17.5 Å². The van der Waals surface area contributed by atoms with E-state index in [0.29, 0.717) is 29.5 Å². The summed E-state index contributed by atoms with van der Waals surface area (Å²) in [6.45, 7) is 6.08. The van der Waals surface area contributed by atoms with Gasteiger partial charge in [0.25, 0.3) is 5.91 Å². The monoisotopic (exact) mass is 317 g/mol. The van der Waals surface area contributed by atoms with E-state index in [1.54, 1.807) is 19.2 Å². The van der Waals surface area contributed by atoms with Crippen molar-refractivity contribution in [1.82, 2.24) is 10.6 Å². The van der Waals surface area contributed by atoms with Crippen LogP contribution in [0.3, 0.4) is 0 Å². The molecular formula is C18H27N3O2. The van der Waals surface area contributed by atoms with Crippen LogP contribution in [0, 0.1) is 18.8 Å². The average molecular weight is 317 g/mol. The molecule has 1 heterocycles. The van der Waals surface area contributed by atoms with Crippen LogP contribution in [0.2, 0.25) is 0 Å². The summed E-state index contributed by atoms with van der Waals surface area (Å²) in [6, 6.07) is 5.40. The molecule has 1 aromatic rings. The fourth-order valence-corrected chi connectivity index (χ4v) is 3.18. The summed E-state index contributed by atoms with van der Waals surface area (Å²) in [7, 11) is 1.60. The van der Waals surface area contributed by atoms with Gasteiger partial charge in [0.15, 0.2) is 0 Å². The summed E-state index contributed by atoms with van der Waals surface area (Å²) < 4.78 is 0. The third-order valence-electron chi connectivity index (χ3n) is 4.73. The van der Waals surface area contributed by atoms with Crippen molar-refractivity contribution in [2.75, 3.05) is 25.5 Å². The van der Waals surface area contributed by atoms with Crippen molar-refractivity contribution in [3.63, 3.8) is 0 Å². The number of carbonyl (C=O) groups is 2. The van der Waals surface area contributed by atoms with Crippen LogP contribution in [0.25, 0.3) is 0 Å². The number of hydrogen-bond donors (Lipinski definition) is 3. The second-order valence-corrected chi connectivity index (χ2v) is 6.39. The van der Waals surface area contributed by atoms with E-state index < -0.39 is 0 Å². The molecule has 0 bridgehead atoms. The van der Waals surface area contributed by atoms with Crippen LogP contribution in [0.15, 0.2) is 18.2 Å². The number of benzene rings is 1. The van der Waals surface area contributed by atoms with Crippen molar-refractivity contribution in [3.05, 3.63) is 29.3 Å². The van der Waals surface area contributed by atoms with Gasteiger partial charge in [-0.15, -0.1) is 0 Å². The summed E-state index contributed by atoms with van der Waals surface area (Å²) in [5.74, 6) is 0.790. The van der Waals surface area contributed by atoms with Gasteiger partial charge in [-0.05, 0) is 62.4 Å². The number of anilines is 1. The topological polar surface area (TPSA) is 70.2 Å². The maximum atomic E-state index is 12.3. The molecule has 5 heteroatoms. The van der Waals surface area contributed by atoms with Crippen LogP contribution in [0.4, 0.5) is 5.69 Å². The van der Waals surface area contributed by atoms with Crippen LogP contribution in [0.5, 0.6) is 0 Å². The largest absolute Gasteiger partial charge is 0.355 e. The van der Waals surface area contributed by atoms with Gasteiger partial charge < -0.3 is 16.0 Å². The number of hydrogen-bond acceptors (Lipinski definition) is 3. The minimum Gasteiger partial charge on any atom is -0.355 e. The Hall–Kier alpha value is -1.88. The minimum absolute atomic E-state index is 0.0141. The Bertz CT molecular complexity index is 565. The van der Waals surface area contributed by atoms with Crippen LogP contribution < -0.4 is 16.0 Å². The van der Waals surface area contributed by atoms with Gasteiger partial charge in [0, 0.05) is 24.7 Å². The number of amides is 2. The first-order chi connectivity index (χ1) is 11.0. The standard InChI is InChI=1S/C18H27N3O2/c1-12(14-6-5-9-20-11-14)10-17(22)21-16-8-4-7-15(13(16)2)18(23)19-3/h4,7-8,12,14,20H,5-6,9-11H2,1-3H3,(H,19,23)(H,21,22). The molecule has 1 saturated heterocycles. The molecule has 126 valence electrons. The number of piperidine rings is 1. The van der Waals surface area contributed by atoms with Gasteiger partial charge in [-0.1, -0.05) is 13.0 Å². The van der Waals surface area contributed by atoms with E-state index in [1.807, 2.05) is 13.0 Å². The van der Waals surface area contributed by atoms with E-state index >= 15 is 0 Å². The van der Waals surface area contributed by atoms with E-state index in [-0.39, 0.29) is 11.8 Å². The molecule has 5 nitrogen and oxygen atoms in total. The first-order valence-corrected chi connectivity index (χ1v) is 8.35. The van der Waals surface area contributed by atoms with E-state index in [2.05, 4.69) is 22.9 Å². The Morgan fingerprint density at radius 2 is 2.17 bits per heavy atom. The molecule has 3 N–H and O–H groups in total. The van der Waals surface area contributed by atoms with Gasteiger partial charge in [0.05, 0.1) is 0 Å². The molecule has 0 aromatic heterocycles. The van der Waals surface area contributed by atoms with Crippen molar-refractivity contribution < 1.29 is 9.59 Å². The molecule has 0 saturated carbocycles. The smallest absolute Gasteiger partial charge is 0.251 e. The molecule has 2 rings (SSSR count). The van der Waals surface area contributed by atoms with E-state index in [4.69, 9.17) is 0 Å². The Labute approximate surface area is 138 Å². The summed E-state index contributed by atoms with van der Waals surface area (Å²) in [5.41, 5.74) is 2.10. The Morgan fingerprint density at radius 3 is 2.83 bits per heavy atom. The third-order valence-corrected chi connectivity index (χ3v) is 4.73. The zero-order valence-electron chi connectivity index (χ0n) is 14.2. The van der Waals surface area contributed by atoms with Crippen LogP contribution in [0.1, 0.15) is 42.1 Å². The molecule has 1 aromatic carbocycles. The van der Waals surface area contributed by atoms with Gasteiger partial charge >= 0.3 is 0 Å². The molecule has 2 atom stereocenters. The van der Waals surface area contributed by atoms with Gasteiger partial charge in [-0.2, -0.15) is 0 Å². The third kappa shape index (κ3) is 4.55. The molecular weight excluding hydrogens is 290 g/mol. The molecule has 23 heavy (non-hydrogen) atoms. The highest BCUT2D eigenvalue weighted by molar-refractivity contribution is 5.99. The van der Waals surface area contributed by atoms with Gasteiger partial charge in [-0.3, -0.25) is 9.59 Å². The lowest BCUT2D eigenvalue weighted by Gasteiger charge is -2.28. The van der Waals surface area contributed by atoms with E-state index in [0.717, 1.165) is 18.7 Å². The molecule has 1 aliphatic heterocycles. The molecule has 0 aliphatic carbocycles. The Balaban J connectivity index is 1.98. The summed E-state index contributed by atoms with van der Waals surface area (Å²) >= 11 is 0. The van der Waals surface area contributed by atoms with Crippen LogP contribution in [-0.2, 0) is 4.79 Å². The predicted octanol–water partition coefficient (Wildman–Crippen LogP) is 2.32. The minimum atomic E-state index is -0.139. The maximum absolute atomic E-state index is 12.3. The number of carbonyl (C=O) groups excluding carboxylic acids is 2. The lowest BCUT2D eigenvalue weighted by molar-refractivity contribution is -0.117. The van der Waals surface area contributed by atoms with Crippen molar-refractivity contribution in [2.24, 2.45) is 11.8 Å². The van der Waals surface area contributed by atoms with Gasteiger partial charge in [0.2, 0.25) is 5.91 Å². The fraction of sp³-hybridized carbons (Fsp3) is 0.556. The molecule has 1 aliphatic rings. The normalized spacial score (nSPS) is 19.0. The predicted molar refractivity (Wildman–Crippen MR) is 92.6 cm³/mol. The SMILES string of the molecule is CNC(=O)c1cccc(NC(=O)CC(C)C2CCCNC2)c1C. The Kier molecular flexibility index (Phi) is 6.16. The summed E-state index contributed by atoms with van der Waals surface area (Å²) in [4.78, 5) is 24.2. The first-order valence-electron chi connectivity index (χ1n) is 8.35. The van der Waals surface area contributed by atoms with Crippen molar-refractivity contribution in [1.29, 1.82) is 0 Å². The highest BCUT2D eigenvalue weighted by Crippen LogP contribution is 2.24. The summed E-state index contributed by atoms with van der Waals surface area (Å²) in [6.07, 6.45) is 2.88. The molecule has 0 radical (unpaired) electrons.